The van der Waals surface area contributed by atoms with Crippen LogP contribution in [0, 0.1) is 0 Å². The average molecular weight is 870 g/mol. The van der Waals surface area contributed by atoms with Crippen LogP contribution in [0.15, 0.2) is 24.3 Å². The minimum atomic E-state index is -4.28. The standard InChI is InChI=1S/C51H100NO7P/c1-3-5-7-9-11-13-15-17-19-20-21-22-23-24-25-26-27-28-29-31-33-35-37-39-41-43-46-56-48-50(49-58-60(54,55)57-47-45-52)59-51(53)44-42-40-38-36-34-32-30-18-16-14-12-10-8-6-4-2/h12,14,18,30,50H,3-11,13,15-17,19-29,31-49,52H2,1-2H3,(H,54,55)/b14-12-,30-18-. The molecule has 3 N–H and O–H groups in total. The van der Waals surface area contributed by atoms with Crippen molar-refractivity contribution in [3.05, 3.63) is 24.3 Å². The van der Waals surface area contributed by atoms with E-state index in [1.807, 2.05) is 0 Å². The van der Waals surface area contributed by atoms with Crippen LogP contribution in [0.2, 0.25) is 0 Å². The predicted molar refractivity (Wildman–Crippen MR) is 257 cm³/mol. The number of ether oxygens (including phenoxy) is 2. The van der Waals surface area contributed by atoms with Crippen LogP contribution in [0.5, 0.6) is 0 Å². The number of allylic oxidation sites excluding steroid dienone is 4. The van der Waals surface area contributed by atoms with Gasteiger partial charge in [-0.1, -0.05) is 231 Å². The van der Waals surface area contributed by atoms with Crippen molar-refractivity contribution in [3.8, 4) is 0 Å². The van der Waals surface area contributed by atoms with Gasteiger partial charge in [0.2, 0.25) is 0 Å². The highest BCUT2D eigenvalue weighted by atomic mass is 31.2. The number of nitrogens with two attached hydrogens (primary N) is 1. The summed E-state index contributed by atoms with van der Waals surface area (Å²) in [5.74, 6) is -0.339. The fourth-order valence-corrected chi connectivity index (χ4v) is 8.32. The van der Waals surface area contributed by atoms with Crippen molar-refractivity contribution < 1.29 is 32.8 Å². The molecule has 0 fully saturated rings. The van der Waals surface area contributed by atoms with E-state index in [0.717, 1.165) is 57.8 Å². The quantitative estimate of drug-likeness (QED) is 0.0269. The molecule has 0 aromatic rings. The Balaban J connectivity index is 3.85. The lowest BCUT2D eigenvalue weighted by Gasteiger charge is -2.20. The molecule has 0 saturated heterocycles. The molecule has 8 nitrogen and oxygen atoms in total. The van der Waals surface area contributed by atoms with Gasteiger partial charge in [-0.2, -0.15) is 0 Å². The Bertz CT molecular complexity index is 977. The second-order valence-electron chi connectivity index (χ2n) is 17.4. The van der Waals surface area contributed by atoms with Crippen LogP contribution in [-0.2, 0) is 27.9 Å². The van der Waals surface area contributed by atoms with Crippen molar-refractivity contribution in [2.24, 2.45) is 5.73 Å². The number of carbonyl (C=O) groups is 1. The molecule has 0 radical (unpaired) electrons. The maximum absolute atomic E-state index is 12.6. The van der Waals surface area contributed by atoms with E-state index in [1.54, 1.807) is 0 Å². The van der Waals surface area contributed by atoms with Crippen molar-refractivity contribution in [2.75, 3.05) is 33.0 Å². The largest absolute Gasteiger partial charge is 0.472 e. The third-order valence-electron chi connectivity index (χ3n) is 11.4. The molecule has 2 unspecified atom stereocenters. The van der Waals surface area contributed by atoms with Gasteiger partial charge in [0.15, 0.2) is 0 Å². The fraction of sp³-hybridized carbons (Fsp3) is 0.902. The predicted octanol–water partition coefficient (Wildman–Crippen LogP) is 16.0. The van der Waals surface area contributed by atoms with E-state index in [9.17, 15) is 14.3 Å². The van der Waals surface area contributed by atoms with E-state index in [-0.39, 0.29) is 32.3 Å². The molecule has 0 aliphatic heterocycles. The average Bonchev–Trinajstić information content (AvgIpc) is 3.24. The molecule has 0 bridgehead atoms. The lowest BCUT2D eigenvalue weighted by Crippen LogP contribution is -2.28. The highest BCUT2D eigenvalue weighted by Crippen LogP contribution is 2.43. The van der Waals surface area contributed by atoms with Crippen molar-refractivity contribution in [3.63, 3.8) is 0 Å². The lowest BCUT2D eigenvalue weighted by atomic mass is 10.0. The highest BCUT2D eigenvalue weighted by molar-refractivity contribution is 7.47. The van der Waals surface area contributed by atoms with E-state index in [2.05, 4.69) is 38.2 Å². The Morgan fingerprint density at radius 2 is 0.883 bits per heavy atom. The van der Waals surface area contributed by atoms with Crippen molar-refractivity contribution in [1.29, 1.82) is 0 Å². The van der Waals surface area contributed by atoms with Gasteiger partial charge < -0.3 is 20.1 Å². The summed E-state index contributed by atoms with van der Waals surface area (Å²) in [6, 6.07) is 0. The van der Waals surface area contributed by atoms with Gasteiger partial charge in [0.25, 0.3) is 0 Å². The van der Waals surface area contributed by atoms with Crippen LogP contribution in [0.3, 0.4) is 0 Å². The molecule has 9 heteroatoms. The summed E-state index contributed by atoms with van der Waals surface area (Å²) in [6.07, 6.45) is 56.5. The van der Waals surface area contributed by atoms with Crippen LogP contribution in [0.1, 0.15) is 258 Å². The summed E-state index contributed by atoms with van der Waals surface area (Å²) in [6.45, 7) is 4.93. The molecule has 0 aliphatic carbocycles. The Hall–Kier alpha value is -1.02. The third kappa shape index (κ3) is 48.0. The van der Waals surface area contributed by atoms with Crippen LogP contribution >= 0.6 is 7.82 Å². The molecule has 0 amide bonds. The minimum absolute atomic E-state index is 0.0961. The number of phosphoric ester groups is 1. The van der Waals surface area contributed by atoms with Crippen molar-refractivity contribution in [1.82, 2.24) is 0 Å². The summed E-state index contributed by atoms with van der Waals surface area (Å²) < 4.78 is 33.5. The van der Waals surface area contributed by atoms with Crippen molar-refractivity contribution >= 4 is 13.8 Å². The molecule has 60 heavy (non-hydrogen) atoms. The van der Waals surface area contributed by atoms with Gasteiger partial charge in [-0.25, -0.2) is 4.57 Å². The monoisotopic (exact) mass is 870 g/mol. The maximum atomic E-state index is 12.6. The second kappa shape index (κ2) is 49.0. The molecular weight excluding hydrogens is 770 g/mol. The molecule has 0 spiro atoms. The van der Waals surface area contributed by atoms with E-state index >= 15 is 0 Å². The minimum Gasteiger partial charge on any atom is -0.457 e. The molecule has 0 aromatic heterocycles. The van der Waals surface area contributed by atoms with E-state index < -0.39 is 13.9 Å². The first-order valence-corrected chi connectivity index (χ1v) is 27.3. The Kier molecular flexibility index (Phi) is 48.2. The van der Waals surface area contributed by atoms with Crippen LogP contribution in [0.25, 0.3) is 0 Å². The number of carbonyl (C=O) groups excluding carboxylic acids is 1. The van der Waals surface area contributed by atoms with Crippen LogP contribution < -0.4 is 5.73 Å². The number of hydrogen-bond acceptors (Lipinski definition) is 7. The molecule has 0 aromatic carbocycles. The van der Waals surface area contributed by atoms with Gasteiger partial charge in [-0.3, -0.25) is 13.8 Å². The third-order valence-corrected chi connectivity index (χ3v) is 12.4. The number of rotatable bonds is 50. The summed E-state index contributed by atoms with van der Waals surface area (Å²) in [4.78, 5) is 22.5. The van der Waals surface area contributed by atoms with Gasteiger partial charge in [-0.05, 0) is 44.9 Å². The van der Waals surface area contributed by atoms with Gasteiger partial charge in [0.1, 0.15) is 6.10 Å². The van der Waals surface area contributed by atoms with E-state index in [1.165, 1.54) is 180 Å². The van der Waals surface area contributed by atoms with Crippen molar-refractivity contribution in [2.45, 2.75) is 264 Å². The fourth-order valence-electron chi connectivity index (χ4n) is 7.56. The molecule has 2 atom stereocenters. The zero-order chi connectivity index (χ0) is 43.7. The van der Waals surface area contributed by atoms with Crippen LogP contribution in [-0.4, -0.2) is 49.9 Å². The molecular formula is C51H100NO7P. The first-order chi connectivity index (χ1) is 29.4. The Labute approximate surface area is 372 Å². The molecule has 356 valence electrons. The SMILES string of the molecule is CCCCC/C=C\C/C=C\CCCCCCCC(=O)OC(COCCCCCCCCCCCCCCCCCCCCCCCCCCCC)COP(=O)(O)OCCN. The Morgan fingerprint density at radius 3 is 1.33 bits per heavy atom. The second-order valence-corrected chi connectivity index (χ2v) is 18.8. The van der Waals surface area contributed by atoms with Gasteiger partial charge in [-0.15, -0.1) is 0 Å². The Morgan fingerprint density at radius 1 is 0.500 bits per heavy atom. The lowest BCUT2D eigenvalue weighted by molar-refractivity contribution is -0.154. The number of phosphoric acid groups is 1. The number of unbranched alkanes of at least 4 members (excludes halogenated alkanes) is 33. The normalized spacial score (nSPS) is 13.5. The summed E-state index contributed by atoms with van der Waals surface area (Å²) in [5.41, 5.74) is 5.38. The first-order valence-electron chi connectivity index (χ1n) is 25.8. The van der Waals surface area contributed by atoms with E-state index in [4.69, 9.17) is 24.3 Å². The number of hydrogen-bond donors (Lipinski definition) is 2. The molecule has 0 heterocycles. The molecule has 0 rings (SSSR count). The molecule has 0 saturated carbocycles. The van der Waals surface area contributed by atoms with Gasteiger partial charge in [0, 0.05) is 19.6 Å². The first kappa shape index (κ1) is 59.0. The van der Waals surface area contributed by atoms with Crippen LogP contribution in [0.4, 0.5) is 0 Å². The van der Waals surface area contributed by atoms with Gasteiger partial charge in [0.05, 0.1) is 19.8 Å². The zero-order valence-corrected chi connectivity index (χ0v) is 40.6. The smallest absolute Gasteiger partial charge is 0.457 e. The zero-order valence-electron chi connectivity index (χ0n) is 39.7. The topological polar surface area (TPSA) is 117 Å². The maximum Gasteiger partial charge on any atom is 0.472 e. The van der Waals surface area contributed by atoms with Gasteiger partial charge >= 0.3 is 13.8 Å². The van der Waals surface area contributed by atoms with E-state index in [0.29, 0.717) is 13.0 Å². The molecule has 0 aliphatic rings. The summed E-state index contributed by atoms with van der Waals surface area (Å²) in [7, 11) is -4.28. The summed E-state index contributed by atoms with van der Waals surface area (Å²) in [5, 5.41) is 0. The number of esters is 1. The highest BCUT2D eigenvalue weighted by Gasteiger charge is 2.25. The summed E-state index contributed by atoms with van der Waals surface area (Å²) >= 11 is 0.